The third kappa shape index (κ3) is 7.33. The van der Waals surface area contributed by atoms with Crippen molar-refractivity contribution in [2.75, 3.05) is 25.5 Å². The topological polar surface area (TPSA) is 130 Å². The van der Waals surface area contributed by atoms with Crippen LogP contribution in [0.2, 0.25) is 0 Å². The molecule has 0 spiro atoms. The van der Waals surface area contributed by atoms with Crippen molar-refractivity contribution in [3.05, 3.63) is 18.2 Å². The smallest absolute Gasteiger partial charge is 0.407 e. The van der Waals surface area contributed by atoms with Gasteiger partial charge in [-0.1, -0.05) is 26.2 Å². The summed E-state index contributed by atoms with van der Waals surface area (Å²) in [6.45, 7) is 3.96. The van der Waals surface area contributed by atoms with Crippen LogP contribution in [-0.2, 0) is 14.3 Å². The lowest BCUT2D eigenvalue weighted by atomic mass is 9.95. The number of carbonyl (C=O) groups is 3. The van der Waals surface area contributed by atoms with Gasteiger partial charge in [0.15, 0.2) is 12.0 Å². The van der Waals surface area contributed by atoms with Gasteiger partial charge in [0.1, 0.15) is 18.4 Å². The summed E-state index contributed by atoms with van der Waals surface area (Å²) in [6.07, 6.45) is 7.65. The van der Waals surface area contributed by atoms with Crippen LogP contribution in [0.4, 0.5) is 16.2 Å². The van der Waals surface area contributed by atoms with E-state index in [0.29, 0.717) is 24.6 Å². The Kier molecular flexibility index (Phi) is 10.4. The number of fused-ring (bicyclic) bond motifs is 1. The molecule has 40 heavy (non-hydrogen) atoms. The molecule has 1 aromatic rings. The van der Waals surface area contributed by atoms with Crippen molar-refractivity contribution in [1.29, 1.82) is 0 Å². The number of hydrogen-bond donors (Lipinski definition) is 3. The predicted molar refractivity (Wildman–Crippen MR) is 153 cm³/mol. The second-order valence-corrected chi connectivity index (χ2v) is 11.2. The number of aliphatic hydroxyl groups is 1. The maximum atomic E-state index is 12.7. The monoisotopic (exact) mass is 556 g/mol. The highest BCUT2D eigenvalue weighted by Crippen LogP contribution is 2.35. The van der Waals surface area contributed by atoms with Gasteiger partial charge in [0.2, 0.25) is 5.91 Å². The zero-order chi connectivity index (χ0) is 28.6. The van der Waals surface area contributed by atoms with Gasteiger partial charge in [-0.25, -0.2) is 4.79 Å². The van der Waals surface area contributed by atoms with E-state index in [4.69, 9.17) is 9.47 Å². The van der Waals surface area contributed by atoms with Gasteiger partial charge < -0.3 is 30.1 Å². The average molecular weight is 557 g/mol. The van der Waals surface area contributed by atoms with Gasteiger partial charge in [-0.05, 0) is 75.8 Å². The van der Waals surface area contributed by atoms with Gasteiger partial charge in [-0.15, -0.1) is 0 Å². The van der Waals surface area contributed by atoms with Crippen LogP contribution in [-0.4, -0.2) is 72.1 Å². The summed E-state index contributed by atoms with van der Waals surface area (Å²) in [6, 6.07) is 5.18. The summed E-state index contributed by atoms with van der Waals surface area (Å²) in [5.74, 6) is 0.981. The minimum Gasteiger partial charge on any atom is -0.497 e. The van der Waals surface area contributed by atoms with E-state index in [1.165, 1.54) is 6.92 Å². The van der Waals surface area contributed by atoms with Crippen LogP contribution < -0.4 is 15.4 Å². The maximum Gasteiger partial charge on any atom is 0.407 e. The standard InChI is InChI=1S/C30H44N4O6/c1-4-20-15-16-34(28(20)19(2)35)27(36)18-31-30(38)40-26-12-8-10-21(26)9-6-5-7-11-24-29(37)33-25-17-22(39-3)13-14-23(25)32-24/h13-14,17,20-21,26,28-29,33,37H,4-12,15-16,18H2,1-3H3,(H,31,38)/t20-,21-,26?,28-,29?/m1/s1. The SMILES string of the molecule is CC[C@@H]1CCN(C(=O)CNC(=O)OC2CCC[C@H]2CCCCCC2=Nc3ccc(OC)cc3NC2O)[C@@H]1C(C)=O. The van der Waals surface area contributed by atoms with E-state index in [2.05, 4.69) is 15.6 Å². The first-order chi connectivity index (χ1) is 19.3. The number of Topliss-reactive ketones (excluding diaryl/α,β-unsaturated/α-hetero) is 1. The molecule has 10 nitrogen and oxygen atoms in total. The maximum absolute atomic E-state index is 12.7. The van der Waals surface area contributed by atoms with Crippen molar-refractivity contribution in [1.82, 2.24) is 10.2 Å². The molecule has 0 radical (unpaired) electrons. The van der Waals surface area contributed by atoms with E-state index in [9.17, 15) is 19.5 Å². The number of methoxy groups -OCH3 is 1. The molecule has 2 heterocycles. The van der Waals surface area contributed by atoms with Crippen molar-refractivity contribution < 1.29 is 29.0 Å². The molecule has 1 saturated carbocycles. The van der Waals surface area contributed by atoms with Crippen LogP contribution in [0.25, 0.3) is 0 Å². The van der Waals surface area contributed by atoms with E-state index in [1.54, 1.807) is 12.0 Å². The van der Waals surface area contributed by atoms with Crippen molar-refractivity contribution >= 4 is 34.9 Å². The first-order valence-electron chi connectivity index (χ1n) is 14.7. The molecule has 2 fully saturated rings. The number of ketones is 1. The van der Waals surface area contributed by atoms with Gasteiger partial charge >= 0.3 is 6.09 Å². The Bertz CT molecular complexity index is 1090. The van der Waals surface area contributed by atoms with Crippen LogP contribution >= 0.6 is 0 Å². The molecular weight excluding hydrogens is 512 g/mol. The number of nitrogens with one attached hydrogen (secondary N) is 2. The van der Waals surface area contributed by atoms with Gasteiger partial charge in [0, 0.05) is 12.6 Å². The molecule has 10 heteroatoms. The Morgan fingerprint density at radius 3 is 2.73 bits per heavy atom. The molecular formula is C30H44N4O6. The van der Waals surface area contributed by atoms with Gasteiger partial charge in [-0.2, -0.15) is 0 Å². The highest BCUT2D eigenvalue weighted by molar-refractivity contribution is 5.97. The molecule has 2 unspecified atom stereocenters. The molecule has 1 saturated heterocycles. The summed E-state index contributed by atoms with van der Waals surface area (Å²) in [7, 11) is 1.61. The minimum absolute atomic E-state index is 0.0000234. The lowest BCUT2D eigenvalue weighted by Gasteiger charge is -2.26. The van der Waals surface area contributed by atoms with E-state index in [-0.39, 0.29) is 36.3 Å². The molecule has 3 aliphatic rings. The number of hydrogen-bond acceptors (Lipinski definition) is 8. The fourth-order valence-electron chi connectivity index (χ4n) is 6.42. The highest BCUT2D eigenvalue weighted by Gasteiger charge is 2.39. The molecule has 5 atom stereocenters. The van der Waals surface area contributed by atoms with Crippen molar-refractivity contribution in [3.63, 3.8) is 0 Å². The lowest BCUT2D eigenvalue weighted by molar-refractivity contribution is -0.137. The Balaban J connectivity index is 1.15. The molecule has 3 N–H and O–H groups in total. The second kappa shape index (κ2) is 14.0. The number of amides is 2. The number of aliphatic imine (C=N–C) groups is 1. The number of ether oxygens (including phenoxy) is 2. The predicted octanol–water partition coefficient (Wildman–Crippen LogP) is 4.57. The number of unbranched alkanes of at least 4 members (excludes halogenated alkanes) is 2. The van der Waals surface area contributed by atoms with Crippen LogP contribution in [0.3, 0.4) is 0 Å². The Labute approximate surface area is 236 Å². The number of likely N-dealkylation sites (tertiary alicyclic amines) is 1. The van der Waals surface area contributed by atoms with Crippen molar-refractivity contribution in [2.45, 2.75) is 96.4 Å². The fraction of sp³-hybridized carbons (Fsp3) is 0.667. The fourth-order valence-corrected chi connectivity index (χ4v) is 6.42. The molecule has 1 aromatic carbocycles. The summed E-state index contributed by atoms with van der Waals surface area (Å²) < 4.78 is 10.9. The summed E-state index contributed by atoms with van der Waals surface area (Å²) in [4.78, 5) is 43.5. The highest BCUT2D eigenvalue weighted by atomic mass is 16.6. The quantitative estimate of drug-likeness (QED) is 0.322. The minimum atomic E-state index is -0.801. The van der Waals surface area contributed by atoms with Crippen molar-refractivity contribution in [3.8, 4) is 5.75 Å². The third-order valence-electron chi connectivity index (χ3n) is 8.60. The Morgan fingerprint density at radius 2 is 1.98 bits per heavy atom. The first kappa shape index (κ1) is 29.8. The molecule has 1 aliphatic carbocycles. The number of benzene rings is 1. The summed E-state index contributed by atoms with van der Waals surface area (Å²) >= 11 is 0. The average Bonchev–Trinajstić information content (AvgIpc) is 3.58. The normalized spacial score (nSPS) is 25.6. The number of aliphatic hydroxyl groups excluding tert-OH is 1. The van der Waals surface area contributed by atoms with Crippen molar-refractivity contribution in [2.24, 2.45) is 16.8 Å². The van der Waals surface area contributed by atoms with E-state index < -0.39 is 12.3 Å². The second-order valence-electron chi connectivity index (χ2n) is 11.2. The number of alkyl carbamates (subject to hydrolysis) is 1. The summed E-state index contributed by atoms with van der Waals surface area (Å²) in [5.41, 5.74) is 2.30. The van der Waals surface area contributed by atoms with Gasteiger partial charge in [0.25, 0.3) is 0 Å². The largest absolute Gasteiger partial charge is 0.497 e. The Morgan fingerprint density at radius 1 is 1.15 bits per heavy atom. The number of carbonyl (C=O) groups excluding carboxylic acids is 3. The number of anilines is 1. The zero-order valence-electron chi connectivity index (χ0n) is 24.0. The van der Waals surface area contributed by atoms with Crippen LogP contribution in [0.15, 0.2) is 23.2 Å². The molecule has 0 bridgehead atoms. The zero-order valence-corrected chi connectivity index (χ0v) is 24.0. The van der Waals surface area contributed by atoms with Crippen LogP contribution in [0.5, 0.6) is 5.75 Å². The molecule has 2 amide bonds. The van der Waals surface area contributed by atoms with Gasteiger partial charge in [0.05, 0.1) is 30.2 Å². The number of rotatable bonds is 12. The van der Waals surface area contributed by atoms with Crippen LogP contribution in [0, 0.1) is 11.8 Å². The lowest BCUT2D eigenvalue weighted by Crippen LogP contribution is -2.47. The third-order valence-corrected chi connectivity index (χ3v) is 8.60. The molecule has 0 aromatic heterocycles. The molecule has 4 rings (SSSR count). The number of nitrogens with zero attached hydrogens (tertiary/aromatic N) is 2. The van der Waals surface area contributed by atoms with E-state index >= 15 is 0 Å². The Hall–Kier alpha value is -3.14. The summed E-state index contributed by atoms with van der Waals surface area (Å²) in [5, 5.41) is 16.2. The van der Waals surface area contributed by atoms with Gasteiger partial charge in [-0.3, -0.25) is 14.6 Å². The van der Waals surface area contributed by atoms with E-state index in [1.807, 2.05) is 25.1 Å². The van der Waals surface area contributed by atoms with E-state index in [0.717, 1.165) is 74.9 Å². The molecule has 2 aliphatic heterocycles. The first-order valence-corrected chi connectivity index (χ1v) is 14.7. The van der Waals surface area contributed by atoms with Crippen LogP contribution in [0.1, 0.15) is 78.1 Å². The molecule has 220 valence electrons.